The molecule has 3 amide bonds. The number of nitrogens with two attached hydrogens (primary N) is 1. The van der Waals surface area contributed by atoms with Crippen molar-refractivity contribution in [3.8, 4) is 11.4 Å². The van der Waals surface area contributed by atoms with Gasteiger partial charge >= 0.3 is 0 Å². The fraction of sp³-hybridized carbons (Fsp3) is 0.357. The third-order valence-electron chi connectivity index (χ3n) is 6.63. The number of carbonyl (C=O) groups excluding carboxylic acids is 3. The Morgan fingerprint density at radius 3 is 2.10 bits per heavy atom. The van der Waals surface area contributed by atoms with Gasteiger partial charge in [0.15, 0.2) is 5.69 Å². The Balaban J connectivity index is 0.000000648. The number of fused-ring (bicyclic) bond motifs is 1. The number of piperidine rings is 1. The zero-order valence-electron chi connectivity index (χ0n) is 22.0. The summed E-state index contributed by atoms with van der Waals surface area (Å²) in [4.78, 5) is 41.4. The van der Waals surface area contributed by atoms with Crippen molar-refractivity contribution in [3.05, 3.63) is 65.5 Å². The van der Waals surface area contributed by atoms with Crippen LogP contribution in [0.2, 0.25) is 0 Å². The first-order valence-electron chi connectivity index (χ1n) is 12.8. The van der Waals surface area contributed by atoms with Gasteiger partial charge in [-0.25, -0.2) is 4.68 Å². The number of rotatable bonds is 6. The molecule has 5 rings (SSSR count). The molecule has 0 saturated carbocycles. The zero-order chi connectivity index (χ0) is 28.1. The minimum atomic E-state index is -0.666. The maximum Gasteiger partial charge on any atom is 0.277 e. The van der Waals surface area contributed by atoms with E-state index in [9.17, 15) is 14.4 Å². The van der Waals surface area contributed by atoms with Crippen LogP contribution in [0.4, 0.5) is 11.4 Å². The van der Waals surface area contributed by atoms with Crippen LogP contribution in [0.5, 0.6) is 5.75 Å². The van der Waals surface area contributed by atoms with Crippen LogP contribution in [0.25, 0.3) is 5.69 Å². The van der Waals surface area contributed by atoms with E-state index in [4.69, 9.17) is 20.7 Å². The van der Waals surface area contributed by atoms with Gasteiger partial charge in [-0.3, -0.25) is 14.4 Å². The molecule has 0 aliphatic carbocycles. The average molecular weight is 536 g/mol. The van der Waals surface area contributed by atoms with Crippen molar-refractivity contribution in [2.75, 3.05) is 36.6 Å². The lowest BCUT2D eigenvalue weighted by Gasteiger charge is -2.29. The number of ether oxygens (including phenoxy) is 1. The number of hydrogen-bond acceptors (Lipinski definition) is 7. The second-order valence-electron chi connectivity index (χ2n) is 9.41. The number of carbonyl (C=O) groups is 3. The number of hydrogen-bond donors (Lipinski definition) is 3. The summed E-state index contributed by atoms with van der Waals surface area (Å²) in [5, 5.41) is 20.4. The number of primary amides is 1. The summed E-state index contributed by atoms with van der Waals surface area (Å²) in [6.45, 7) is 2.49. The molecule has 1 aromatic heterocycles. The third-order valence-corrected chi connectivity index (χ3v) is 6.63. The molecule has 0 spiro atoms. The summed E-state index contributed by atoms with van der Waals surface area (Å²) in [6.07, 6.45) is 2.36. The van der Waals surface area contributed by atoms with Crippen LogP contribution in [0, 0.1) is 0 Å². The van der Waals surface area contributed by atoms with Crippen LogP contribution in [0.15, 0.2) is 48.5 Å². The van der Waals surface area contributed by atoms with E-state index >= 15 is 0 Å². The monoisotopic (exact) mass is 535 g/mol. The zero-order valence-corrected chi connectivity index (χ0v) is 22.0. The summed E-state index contributed by atoms with van der Waals surface area (Å²) in [5.74, 6) is -0.139. The largest absolute Gasteiger partial charge is 0.497 e. The number of aliphatic hydroxyl groups excluding tert-OH is 2. The van der Waals surface area contributed by atoms with Gasteiger partial charge in [-0.2, -0.15) is 5.10 Å². The molecule has 2 aliphatic heterocycles. The van der Waals surface area contributed by atoms with Gasteiger partial charge in [-0.1, -0.05) is 0 Å². The normalized spacial score (nSPS) is 15.8. The van der Waals surface area contributed by atoms with E-state index in [1.54, 1.807) is 41.2 Å². The summed E-state index contributed by atoms with van der Waals surface area (Å²) < 4.78 is 6.69. The van der Waals surface area contributed by atoms with Gasteiger partial charge in [0.1, 0.15) is 11.4 Å². The van der Waals surface area contributed by atoms with Crippen molar-refractivity contribution in [1.82, 2.24) is 9.78 Å². The third kappa shape index (κ3) is 5.94. The molecule has 0 radical (unpaired) electrons. The molecule has 4 N–H and O–H groups in total. The van der Waals surface area contributed by atoms with E-state index in [0.29, 0.717) is 54.3 Å². The predicted octanol–water partition coefficient (Wildman–Crippen LogP) is 2.06. The molecule has 0 bridgehead atoms. The van der Waals surface area contributed by atoms with Gasteiger partial charge in [0.25, 0.3) is 11.8 Å². The van der Waals surface area contributed by atoms with Crippen LogP contribution in [-0.2, 0) is 11.2 Å². The Kier molecular flexibility index (Phi) is 8.62. The maximum atomic E-state index is 13.6. The molecular weight excluding hydrogens is 502 g/mol. The van der Waals surface area contributed by atoms with E-state index in [2.05, 4.69) is 5.10 Å². The number of amides is 3. The number of methoxy groups -OCH3 is 1. The van der Waals surface area contributed by atoms with Crippen LogP contribution >= 0.6 is 0 Å². The summed E-state index contributed by atoms with van der Waals surface area (Å²) >= 11 is 0. The van der Waals surface area contributed by atoms with Gasteiger partial charge in [0, 0.05) is 36.4 Å². The standard InChI is InChI=1S/C25H25N5O4.C3H8O2/c1-34-19-11-9-18(10-12-19)30-23-20(22(27-30)24(26)32)13-15-29(25(23)33)17-7-5-16(6-8-17)28-14-3-2-4-21(28)31;1-3(5)2-4/h5-12H,2-4,13-15H2,1H3,(H2,26,32);3-5H,2H2,1H3. The summed E-state index contributed by atoms with van der Waals surface area (Å²) in [7, 11) is 1.57. The summed E-state index contributed by atoms with van der Waals surface area (Å²) in [6, 6.07) is 14.5. The van der Waals surface area contributed by atoms with Crippen LogP contribution in [0.3, 0.4) is 0 Å². The van der Waals surface area contributed by atoms with Crippen LogP contribution in [0.1, 0.15) is 52.7 Å². The SMILES string of the molecule is CC(O)CO.COc1ccc(-n2nc(C(N)=O)c3c2C(=O)N(c2ccc(N4CCCCC4=O)cc2)CC3)cc1. The van der Waals surface area contributed by atoms with Crippen LogP contribution < -0.4 is 20.3 Å². The second-order valence-corrected chi connectivity index (χ2v) is 9.41. The lowest BCUT2D eigenvalue weighted by molar-refractivity contribution is -0.119. The maximum absolute atomic E-state index is 13.6. The van der Waals surface area contributed by atoms with Crippen molar-refractivity contribution < 1.29 is 29.3 Å². The van der Waals surface area contributed by atoms with E-state index in [0.717, 1.165) is 18.5 Å². The van der Waals surface area contributed by atoms with E-state index < -0.39 is 12.0 Å². The molecule has 3 heterocycles. The Morgan fingerprint density at radius 1 is 0.974 bits per heavy atom. The van der Waals surface area contributed by atoms with E-state index in [1.165, 1.54) is 11.6 Å². The Labute approximate surface area is 226 Å². The molecule has 2 aliphatic rings. The molecular formula is C28H33N5O6. The number of nitrogens with zero attached hydrogens (tertiary/aromatic N) is 4. The number of benzene rings is 2. The molecule has 39 heavy (non-hydrogen) atoms. The lowest BCUT2D eigenvalue weighted by Crippen LogP contribution is -2.39. The van der Waals surface area contributed by atoms with Gasteiger partial charge in [0.05, 0.1) is 25.5 Å². The number of aromatic nitrogens is 2. The topological polar surface area (TPSA) is 151 Å². The summed E-state index contributed by atoms with van der Waals surface area (Å²) in [5.41, 5.74) is 8.73. The molecule has 1 unspecified atom stereocenters. The van der Waals surface area contributed by atoms with Crippen LogP contribution in [-0.4, -0.2) is 70.6 Å². The molecule has 1 atom stereocenters. The van der Waals surface area contributed by atoms with Gasteiger partial charge < -0.3 is 30.5 Å². The fourth-order valence-electron chi connectivity index (χ4n) is 4.61. The first-order valence-corrected chi connectivity index (χ1v) is 12.8. The number of aliphatic hydroxyl groups is 2. The minimum absolute atomic E-state index is 0.109. The average Bonchev–Trinajstić information content (AvgIpc) is 3.35. The van der Waals surface area contributed by atoms with Crippen molar-refractivity contribution in [1.29, 1.82) is 0 Å². The minimum Gasteiger partial charge on any atom is -0.497 e. The van der Waals surface area contributed by atoms with Crippen molar-refractivity contribution in [3.63, 3.8) is 0 Å². The van der Waals surface area contributed by atoms with E-state index in [1.807, 2.05) is 24.3 Å². The van der Waals surface area contributed by atoms with Crippen molar-refractivity contribution in [2.45, 2.75) is 38.7 Å². The van der Waals surface area contributed by atoms with Gasteiger partial charge in [-0.15, -0.1) is 0 Å². The highest BCUT2D eigenvalue weighted by atomic mass is 16.5. The first kappa shape index (κ1) is 27.8. The predicted molar refractivity (Wildman–Crippen MR) is 145 cm³/mol. The highest BCUT2D eigenvalue weighted by Gasteiger charge is 2.34. The Bertz CT molecular complexity index is 1330. The molecule has 206 valence electrons. The molecule has 3 aromatic rings. The fourth-order valence-corrected chi connectivity index (χ4v) is 4.61. The highest BCUT2D eigenvalue weighted by Crippen LogP contribution is 2.31. The lowest BCUT2D eigenvalue weighted by atomic mass is 10.0. The quantitative estimate of drug-likeness (QED) is 0.437. The first-order chi connectivity index (χ1) is 18.7. The number of anilines is 2. The van der Waals surface area contributed by atoms with Crippen molar-refractivity contribution >= 4 is 29.1 Å². The van der Waals surface area contributed by atoms with E-state index in [-0.39, 0.29) is 24.1 Å². The molecule has 11 heteroatoms. The highest BCUT2D eigenvalue weighted by molar-refractivity contribution is 6.09. The molecule has 11 nitrogen and oxygen atoms in total. The smallest absolute Gasteiger partial charge is 0.277 e. The Hall–Kier alpha value is -4.22. The molecule has 2 aromatic carbocycles. The van der Waals surface area contributed by atoms with Gasteiger partial charge in [-0.05, 0) is 74.7 Å². The molecule has 1 fully saturated rings. The molecule has 1 saturated heterocycles. The second kappa shape index (κ2) is 12.1. The van der Waals surface area contributed by atoms with Crippen molar-refractivity contribution in [2.24, 2.45) is 5.73 Å². The Morgan fingerprint density at radius 2 is 1.56 bits per heavy atom. The van der Waals surface area contributed by atoms with Gasteiger partial charge in [0.2, 0.25) is 5.91 Å².